The predicted molar refractivity (Wildman–Crippen MR) is 97.3 cm³/mol. The lowest BCUT2D eigenvalue weighted by molar-refractivity contribution is -0.124. The second-order valence-corrected chi connectivity index (χ2v) is 7.05. The molecule has 4 rings (SSSR count). The summed E-state index contributed by atoms with van der Waals surface area (Å²) in [5.41, 5.74) is 2.38. The Bertz CT molecular complexity index is 943. The van der Waals surface area contributed by atoms with Gasteiger partial charge in [0.05, 0.1) is 0 Å². The Balaban J connectivity index is 1.53. The summed E-state index contributed by atoms with van der Waals surface area (Å²) in [5, 5.41) is 8.43. The maximum atomic E-state index is 12.3. The molecule has 7 heteroatoms. The van der Waals surface area contributed by atoms with E-state index in [9.17, 15) is 14.4 Å². The molecule has 0 saturated carbocycles. The van der Waals surface area contributed by atoms with Crippen LogP contribution in [0.25, 0.3) is 0 Å². The van der Waals surface area contributed by atoms with Crippen LogP contribution >= 0.6 is 11.6 Å². The molecule has 1 fully saturated rings. The van der Waals surface area contributed by atoms with Crippen molar-refractivity contribution in [3.63, 3.8) is 0 Å². The minimum atomic E-state index is -0.852. The monoisotopic (exact) mass is 369 g/mol. The minimum absolute atomic E-state index is 0.234. The molecule has 1 aliphatic carbocycles. The molecule has 1 spiro atoms. The van der Waals surface area contributed by atoms with Crippen LogP contribution in [0.2, 0.25) is 5.02 Å². The molecule has 3 N–H and O–H groups in total. The smallest absolute Gasteiger partial charge is 0.322 e. The van der Waals surface area contributed by atoms with E-state index >= 15 is 0 Å². The number of benzene rings is 2. The number of imide groups is 1. The van der Waals surface area contributed by atoms with E-state index in [2.05, 4.69) is 16.0 Å². The number of hydrogen-bond acceptors (Lipinski definition) is 3. The molecule has 1 aliphatic heterocycles. The van der Waals surface area contributed by atoms with E-state index in [1.807, 2.05) is 12.1 Å². The van der Waals surface area contributed by atoms with Gasteiger partial charge in [-0.1, -0.05) is 23.7 Å². The van der Waals surface area contributed by atoms with Crippen LogP contribution in [-0.2, 0) is 17.6 Å². The molecule has 26 heavy (non-hydrogen) atoms. The van der Waals surface area contributed by atoms with Gasteiger partial charge in [0.15, 0.2) is 0 Å². The molecule has 1 unspecified atom stereocenters. The maximum absolute atomic E-state index is 12.3. The first-order chi connectivity index (χ1) is 12.4. The average Bonchev–Trinajstić information content (AvgIpc) is 2.88. The Hall–Kier alpha value is -2.86. The Kier molecular flexibility index (Phi) is 3.92. The van der Waals surface area contributed by atoms with Crippen LogP contribution in [0.15, 0.2) is 42.5 Å². The minimum Gasteiger partial charge on any atom is -0.323 e. The third kappa shape index (κ3) is 2.93. The summed E-state index contributed by atoms with van der Waals surface area (Å²) in [6.07, 6.45) is 1.62. The van der Waals surface area contributed by atoms with E-state index in [0.717, 1.165) is 11.1 Å². The average molecular weight is 370 g/mol. The number of amides is 4. The number of anilines is 1. The number of halogens is 1. The fraction of sp³-hybridized carbons (Fsp3) is 0.211. The second kappa shape index (κ2) is 6.14. The molecule has 0 aromatic heterocycles. The van der Waals surface area contributed by atoms with Gasteiger partial charge < -0.3 is 10.6 Å². The highest BCUT2D eigenvalue weighted by Gasteiger charge is 2.47. The largest absolute Gasteiger partial charge is 0.323 e. The number of urea groups is 1. The van der Waals surface area contributed by atoms with Crippen molar-refractivity contribution in [2.45, 2.75) is 24.8 Å². The van der Waals surface area contributed by atoms with Gasteiger partial charge in [-0.25, -0.2) is 4.79 Å². The molecule has 1 saturated heterocycles. The van der Waals surface area contributed by atoms with Crippen molar-refractivity contribution >= 4 is 35.1 Å². The van der Waals surface area contributed by atoms with Gasteiger partial charge >= 0.3 is 6.03 Å². The van der Waals surface area contributed by atoms with E-state index in [4.69, 9.17) is 11.6 Å². The van der Waals surface area contributed by atoms with Crippen LogP contribution in [0.4, 0.5) is 10.5 Å². The molecular formula is C19H16ClN3O3. The highest BCUT2D eigenvalue weighted by molar-refractivity contribution is 6.31. The lowest BCUT2D eigenvalue weighted by atomic mass is 9.78. The van der Waals surface area contributed by atoms with Gasteiger partial charge in [0.2, 0.25) is 0 Å². The van der Waals surface area contributed by atoms with E-state index in [1.54, 1.807) is 30.3 Å². The zero-order valence-electron chi connectivity index (χ0n) is 13.8. The van der Waals surface area contributed by atoms with Gasteiger partial charge in [0.25, 0.3) is 11.8 Å². The molecule has 1 atom stereocenters. The number of fused-ring (bicyclic) bond motifs is 1. The van der Waals surface area contributed by atoms with Gasteiger partial charge in [0, 0.05) is 22.7 Å². The van der Waals surface area contributed by atoms with Crippen LogP contribution in [0.5, 0.6) is 0 Å². The van der Waals surface area contributed by atoms with Gasteiger partial charge in [-0.15, -0.1) is 0 Å². The van der Waals surface area contributed by atoms with Crippen molar-refractivity contribution in [3.8, 4) is 0 Å². The van der Waals surface area contributed by atoms with Crippen molar-refractivity contribution in [1.82, 2.24) is 10.6 Å². The van der Waals surface area contributed by atoms with Crippen LogP contribution in [0, 0.1) is 0 Å². The standard InChI is InChI=1S/C19H16ClN3O3/c20-14-3-1-2-12(8-14)16(24)21-15-5-4-13-10-19(7-6-11(13)9-15)17(25)22-18(26)23-19/h1-5,8-9H,6-7,10H2,(H,21,24)(H2,22,23,25,26). The van der Waals surface area contributed by atoms with E-state index in [-0.39, 0.29) is 11.8 Å². The van der Waals surface area contributed by atoms with Gasteiger partial charge in [0.1, 0.15) is 5.54 Å². The van der Waals surface area contributed by atoms with Crippen molar-refractivity contribution in [2.24, 2.45) is 0 Å². The normalized spacial score (nSPS) is 21.1. The van der Waals surface area contributed by atoms with Crippen LogP contribution < -0.4 is 16.0 Å². The first kappa shape index (κ1) is 16.6. The number of aryl methyl sites for hydroxylation is 1. The molecule has 2 aromatic carbocycles. The van der Waals surface area contributed by atoms with E-state index in [0.29, 0.717) is 35.5 Å². The molecule has 0 bridgehead atoms. The molecule has 4 amide bonds. The summed E-state index contributed by atoms with van der Waals surface area (Å²) < 4.78 is 0. The zero-order valence-corrected chi connectivity index (χ0v) is 14.5. The highest BCUT2D eigenvalue weighted by atomic mass is 35.5. The van der Waals surface area contributed by atoms with Gasteiger partial charge in [-0.3, -0.25) is 14.9 Å². The first-order valence-corrected chi connectivity index (χ1v) is 8.65. The molecule has 2 aliphatic rings. The summed E-state index contributed by atoms with van der Waals surface area (Å²) in [7, 11) is 0. The highest BCUT2D eigenvalue weighted by Crippen LogP contribution is 2.32. The quantitative estimate of drug-likeness (QED) is 0.711. The summed E-state index contributed by atoms with van der Waals surface area (Å²) >= 11 is 5.93. The summed E-state index contributed by atoms with van der Waals surface area (Å²) in [5.74, 6) is -0.506. The Morgan fingerprint density at radius 1 is 1.12 bits per heavy atom. The lowest BCUT2D eigenvalue weighted by Crippen LogP contribution is -2.51. The Morgan fingerprint density at radius 3 is 2.69 bits per heavy atom. The van der Waals surface area contributed by atoms with Crippen LogP contribution in [0.3, 0.4) is 0 Å². The third-order valence-electron chi connectivity index (χ3n) is 4.88. The predicted octanol–water partition coefficient (Wildman–Crippen LogP) is 2.66. The van der Waals surface area contributed by atoms with Crippen molar-refractivity contribution < 1.29 is 14.4 Å². The fourth-order valence-corrected chi connectivity index (χ4v) is 3.72. The molecule has 1 heterocycles. The lowest BCUT2D eigenvalue weighted by Gasteiger charge is -2.32. The number of hydrogen-bond donors (Lipinski definition) is 3. The van der Waals surface area contributed by atoms with Crippen molar-refractivity contribution in [2.75, 3.05) is 5.32 Å². The number of carbonyl (C=O) groups excluding carboxylic acids is 3. The zero-order chi connectivity index (χ0) is 18.3. The first-order valence-electron chi connectivity index (χ1n) is 8.27. The topological polar surface area (TPSA) is 87.3 Å². The van der Waals surface area contributed by atoms with E-state index in [1.165, 1.54) is 0 Å². The van der Waals surface area contributed by atoms with Gasteiger partial charge in [-0.2, -0.15) is 0 Å². The summed E-state index contributed by atoms with van der Waals surface area (Å²) in [4.78, 5) is 35.9. The molecule has 2 aromatic rings. The van der Waals surface area contributed by atoms with Crippen LogP contribution in [-0.4, -0.2) is 23.4 Å². The Morgan fingerprint density at radius 2 is 1.96 bits per heavy atom. The number of nitrogens with one attached hydrogen (secondary N) is 3. The molecule has 0 radical (unpaired) electrons. The Labute approximate surface area is 154 Å². The molecule has 6 nitrogen and oxygen atoms in total. The van der Waals surface area contributed by atoms with Crippen molar-refractivity contribution in [3.05, 3.63) is 64.2 Å². The second-order valence-electron chi connectivity index (χ2n) is 6.62. The molecular weight excluding hydrogens is 354 g/mol. The number of carbonyl (C=O) groups is 3. The third-order valence-corrected chi connectivity index (χ3v) is 5.11. The van der Waals surface area contributed by atoms with E-state index < -0.39 is 11.6 Å². The summed E-state index contributed by atoms with van der Waals surface area (Å²) in [6, 6.07) is 11.9. The summed E-state index contributed by atoms with van der Waals surface area (Å²) in [6.45, 7) is 0. The van der Waals surface area contributed by atoms with Crippen LogP contribution in [0.1, 0.15) is 27.9 Å². The maximum Gasteiger partial charge on any atom is 0.322 e. The molecule has 132 valence electrons. The number of rotatable bonds is 2. The SMILES string of the molecule is O=C1NC(=O)C2(CCc3cc(NC(=O)c4cccc(Cl)c4)ccc3C2)N1. The van der Waals surface area contributed by atoms with Crippen molar-refractivity contribution in [1.29, 1.82) is 0 Å². The fourth-order valence-electron chi connectivity index (χ4n) is 3.53. The van der Waals surface area contributed by atoms with Gasteiger partial charge in [-0.05, 0) is 54.3 Å².